The van der Waals surface area contributed by atoms with Crippen LogP contribution in [0.3, 0.4) is 0 Å². The molecule has 0 aliphatic heterocycles. The van der Waals surface area contributed by atoms with Crippen LogP contribution in [0.15, 0.2) is 53.1 Å². The van der Waals surface area contributed by atoms with Crippen molar-refractivity contribution in [3.63, 3.8) is 0 Å². The van der Waals surface area contributed by atoms with Crippen molar-refractivity contribution in [2.45, 2.75) is 20.4 Å². The molecular formula is C22H22N2O6. The van der Waals surface area contributed by atoms with E-state index in [2.05, 4.69) is 0 Å². The van der Waals surface area contributed by atoms with E-state index in [0.29, 0.717) is 12.1 Å². The number of carbonyl (C=O) groups excluding carboxylic acids is 3. The third kappa shape index (κ3) is 4.78. The Labute approximate surface area is 173 Å². The number of Topliss-reactive ketones (excluding diaryl/α,β-unsaturated/α-hetero) is 1. The van der Waals surface area contributed by atoms with Crippen molar-refractivity contribution in [2.24, 2.45) is 5.73 Å². The summed E-state index contributed by atoms with van der Waals surface area (Å²) < 4.78 is 17.7. The number of nitrogens with two attached hydrogens (primary N) is 1. The zero-order valence-corrected chi connectivity index (χ0v) is 16.7. The number of rotatable bonds is 9. The van der Waals surface area contributed by atoms with Crippen molar-refractivity contribution in [1.82, 2.24) is 4.57 Å². The van der Waals surface area contributed by atoms with Crippen LogP contribution in [-0.4, -0.2) is 35.4 Å². The van der Waals surface area contributed by atoms with Crippen LogP contribution in [0.5, 0.6) is 5.75 Å². The van der Waals surface area contributed by atoms with Crippen LogP contribution in [0.2, 0.25) is 0 Å². The monoisotopic (exact) mass is 410 g/mol. The molecular weight excluding hydrogens is 388 g/mol. The first-order valence-corrected chi connectivity index (χ1v) is 9.26. The molecule has 0 radical (unpaired) electrons. The highest BCUT2D eigenvalue weighted by Crippen LogP contribution is 2.19. The molecule has 156 valence electrons. The van der Waals surface area contributed by atoms with Crippen molar-refractivity contribution in [3.8, 4) is 5.75 Å². The fourth-order valence-corrected chi connectivity index (χ4v) is 3.08. The molecule has 0 saturated carbocycles. The van der Waals surface area contributed by atoms with Gasteiger partial charge >= 0.3 is 5.97 Å². The number of aromatic nitrogens is 1. The Balaban J connectivity index is 1.57. The van der Waals surface area contributed by atoms with Crippen LogP contribution < -0.4 is 10.5 Å². The Morgan fingerprint density at radius 1 is 1.03 bits per heavy atom. The number of primary amides is 1. The van der Waals surface area contributed by atoms with Crippen LogP contribution in [-0.2, 0) is 16.1 Å². The molecule has 0 spiro atoms. The van der Waals surface area contributed by atoms with Gasteiger partial charge in [0, 0.05) is 17.0 Å². The van der Waals surface area contributed by atoms with Gasteiger partial charge in [0.2, 0.25) is 5.78 Å². The van der Waals surface area contributed by atoms with Crippen molar-refractivity contribution < 1.29 is 28.3 Å². The lowest BCUT2D eigenvalue weighted by molar-refractivity contribution is -0.144. The first-order valence-electron chi connectivity index (χ1n) is 9.26. The maximum atomic E-state index is 12.5. The number of furan rings is 1. The van der Waals surface area contributed by atoms with Gasteiger partial charge < -0.3 is 24.2 Å². The van der Waals surface area contributed by atoms with E-state index < -0.39 is 25.1 Å². The normalized spacial score (nSPS) is 10.6. The summed E-state index contributed by atoms with van der Waals surface area (Å²) in [5.41, 5.74) is 7.56. The number of hydrogen-bond donors (Lipinski definition) is 1. The van der Waals surface area contributed by atoms with Crippen molar-refractivity contribution in [3.05, 3.63) is 77.0 Å². The molecule has 2 aromatic heterocycles. The van der Waals surface area contributed by atoms with Gasteiger partial charge in [-0.05, 0) is 44.2 Å². The van der Waals surface area contributed by atoms with E-state index in [1.54, 1.807) is 30.5 Å². The number of amides is 1. The zero-order chi connectivity index (χ0) is 21.7. The summed E-state index contributed by atoms with van der Waals surface area (Å²) >= 11 is 0. The van der Waals surface area contributed by atoms with E-state index in [0.717, 1.165) is 17.1 Å². The summed E-state index contributed by atoms with van der Waals surface area (Å²) in [6, 6.07) is 11.7. The minimum atomic E-state index is -0.730. The maximum Gasteiger partial charge on any atom is 0.344 e. The van der Waals surface area contributed by atoms with Crippen LogP contribution >= 0.6 is 0 Å². The van der Waals surface area contributed by atoms with Crippen LogP contribution in [0.25, 0.3) is 0 Å². The Morgan fingerprint density at radius 2 is 1.80 bits per heavy atom. The van der Waals surface area contributed by atoms with Gasteiger partial charge in [-0.1, -0.05) is 12.1 Å². The molecule has 1 amide bonds. The average Bonchev–Trinajstić information content (AvgIpc) is 3.34. The highest BCUT2D eigenvalue weighted by molar-refractivity contribution is 5.99. The fraction of sp³-hybridized carbons (Fsp3) is 0.227. The van der Waals surface area contributed by atoms with Gasteiger partial charge in [0.1, 0.15) is 11.5 Å². The first kappa shape index (κ1) is 20.9. The van der Waals surface area contributed by atoms with E-state index in [9.17, 15) is 14.4 Å². The lowest BCUT2D eigenvalue weighted by Crippen LogP contribution is -2.21. The summed E-state index contributed by atoms with van der Waals surface area (Å²) in [4.78, 5) is 35.9. The minimum absolute atomic E-state index is 0.158. The standard InChI is InChI=1S/C22H22N2O6/c1-14-10-18(15(2)24(14)11-16-6-5-9-28-16)19(25)12-30-21(26)13-29-20-8-4-3-7-17(20)22(23)27/h3-10H,11-13H2,1-2H3,(H2,23,27). The molecule has 0 bridgehead atoms. The molecule has 8 nitrogen and oxygen atoms in total. The number of para-hydroxylation sites is 1. The average molecular weight is 410 g/mol. The molecule has 0 saturated heterocycles. The van der Waals surface area contributed by atoms with E-state index in [-0.39, 0.29) is 17.1 Å². The topological polar surface area (TPSA) is 114 Å². The van der Waals surface area contributed by atoms with Crippen LogP contribution in [0.4, 0.5) is 0 Å². The Bertz CT molecular complexity index is 1070. The number of nitrogens with zero attached hydrogens (tertiary/aromatic N) is 1. The zero-order valence-electron chi connectivity index (χ0n) is 16.7. The van der Waals surface area contributed by atoms with E-state index in [1.807, 2.05) is 24.5 Å². The molecule has 0 unspecified atom stereocenters. The molecule has 3 aromatic rings. The second-order valence-corrected chi connectivity index (χ2v) is 6.68. The van der Waals surface area contributed by atoms with E-state index in [1.165, 1.54) is 12.1 Å². The second-order valence-electron chi connectivity index (χ2n) is 6.68. The van der Waals surface area contributed by atoms with Gasteiger partial charge in [-0.2, -0.15) is 0 Å². The summed E-state index contributed by atoms with van der Waals surface area (Å²) in [7, 11) is 0. The van der Waals surface area contributed by atoms with Crippen molar-refractivity contribution in [2.75, 3.05) is 13.2 Å². The lowest BCUT2D eigenvalue weighted by Gasteiger charge is -2.10. The van der Waals surface area contributed by atoms with Crippen LogP contribution in [0, 0.1) is 13.8 Å². The van der Waals surface area contributed by atoms with E-state index in [4.69, 9.17) is 19.6 Å². The molecule has 30 heavy (non-hydrogen) atoms. The van der Waals surface area contributed by atoms with Gasteiger partial charge in [-0.3, -0.25) is 9.59 Å². The number of ketones is 1. The lowest BCUT2D eigenvalue weighted by atomic mass is 10.1. The molecule has 8 heteroatoms. The molecule has 0 aliphatic carbocycles. The van der Waals surface area contributed by atoms with Gasteiger partial charge in [0.15, 0.2) is 13.2 Å². The third-order valence-electron chi connectivity index (χ3n) is 4.63. The van der Waals surface area contributed by atoms with Gasteiger partial charge in [-0.25, -0.2) is 4.79 Å². The van der Waals surface area contributed by atoms with E-state index >= 15 is 0 Å². The number of carbonyl (C=O) groups is 3. The number of ether oxygens (including phenoxy) is 2. The SMILES string of the molecule is Cc1cc(C(=O)COC(=O)COc2ccccc2C(N)=O)c(C)n1Cc1ccco1. The van der Waals surface area contributed by atoms with Gasteiger partial charge in [0.05, 0.1) is 18.4 Å². The number of esters is 1. The molecule has 2 heterocycles. The molecule has 3 rings (SSSR count). The van der Waals surface area contributed by atoms with Crippen molar-refractivity contribution in [1.29, 1.82) is 0 Å². The van der Waals surface area contributed by atoms with Crippen LogP contribution in [0.1, 0.15) is 37.9 Å². The minimum Gasteiger partial charge on any atom is -0.481 e. The van der Waals surface area contributed by atoms with Crippen molar-refractivity contribution >= 4 is 17.7 Å². The summed E-state index contributed by atoms with van der Waals surface area (Å²) in [5.74, 6) is -0.767. The number of hydrogen-bond acceptors (Lipinski definition) is 6. The number of aryl methyl sites for hydroxylation is 1. The number of benzene rings is 1. The Kier molecular flexibility index (Phi) is 6.36. The van der Waals surface area contributed by atoms with Gasteiger partial charge in [0.25, 0.3) is 5.91 Å². The summed E-state index contributed by atoms with van der Waals surface area (Å²) in [6.45, 7) is 3.36. The fourth-order valence-electron chi connectivity index (χ4n) is 3.08. The quantitative estimate of drug-likeness (QED) is 0.428. The molecule has 1 aromatic carbocycles. The maximum absolute atomic E-state index is 12.5. The predicted octanol–water partition coefficient (Wildman–Crippen LogP) is 2.65. The third-order valence-corrected chi connectivity index (χ3v) is 4.63. The molecule has 0 fully saturated rings. The summed E-state index contributed by atoms with van der Waals surface area (Å²) in [5, 5.41) is 0. The first-order chi connectivity index (χ1) is 14.4. The summed E-state index contributed by atoms with van der Waals surface area (Å²) in [6.07, 6.45) is 1.60. The molecule has 0 atom stereocenters. The van der Waals surface area contributed by atoms with Gasteiger partial charge in [-0.15, -0.1) is 0 Å². The molecule has 2 N–H and O–H groups in total. The second kappa shape index (κ2) is 9.13. The smallest absolute Gasteiger partial charge is 0.344 e. The highest BCUT2D eigenvalue weighted by atomic mass is 16.6. The molecule has 0 aliphatic rings. The largest absolute Gasteiger partial charge is 0.481 e. The predicted molar refractivity (Wildman–Crippen MR) is 107 cm³/mol. The Hall–Kier alpha value is -3.81. The highest BCUT2D eigenvalue weighted by Gasteiger charge is 2.18. The Morgan fingerprint density at radius 3 is 2.50 bits per heavy atom.